The molecule has 0 fully saturated rings. The van der Waals surface area contributed by atoms with Crippen molar-refractivity contribution in [3.8, 4) is 0 Å². The second-order valence-electron chi connectivity index (χ2n) is 4.46. The van der Waals surface area contributed by atoms with Crippen LogP contribution in [0.2, 0.25) is 0 Å². The van der Waals surface area contributed by atoms with Gasteiger partial charge in [0.1, 0.15) is 0 Å². The van der Waals surface area contributed by atoms with Crippen LogP contribution in [0.25, 0.3) is 0 Å². The number of halogens is 4. The molecular formula is C13H10F3IN2O2. The van der Waals surface area contributed by atoms with Crippen LogP contribution in [-0.2, 0) is 19.8 Å². The maximum absolute atomic E-state index is 12.7. The highest BCUT2D eigenvalue weighted by atomic mass is 127. The fourth-order valence-electron chi connectivity index (χ4n) is 1.85. The van der Waals surface area contributed by atoms with Gasteiger partial charge in [0.2, 0.25) is 0 Å². The minimum atomic E-state index is -4.46. The largest absolute Gasteiger partial charge is 0.416 e. The highest BCUT2D eigenvalue weighted by Crippen LogP contribution is 2.29. The van der Waals surface area contributed by atoms with E-state index in [1.165, 1.54) is 29.9 Å². The van der Waals surface area contributed by atoms with E-state index in [0.717, 1.165) is 16.7 Å². The lowest BCUT2D eigenvalue weighted by molar-refractivity contribution is -0.137. The number of alkyl halides is 3. The number of aryl methyl sites for hydroxylation is 1. The van der Waals surface area contributed by atoms with Crippen LogP contribution in [0.15, 0.2) is 40.1 Å². The summed E-state index contributed by atoms with van der Waals surface area (Å²) in [6.07, 6.45) is -3.08. The number of hydrogen-bond donors (Lipinski definition) is 0. The van der Waals surface area contributed by atoms with Crippen molar-refractivity contribution in [1.82, 2.24) is 9.13 Å². The number of hydrogen-bond acceptors (Lipinski definition) is 2. The number of benzene rings is 1. The van der Waals surface area contributed by atoms with Gasteiger partial charge in [-0.1, -0.05) is 12.1 Å². The van der Waals surface area contributed by atoms with E-state index in [9.17, 15) is 22.8 Å². The molecule has 0 atom stereocenters. The van der Waals surface area contributed by atoms with E-state index in [4.69, 9.17) is 0 Å². The Hall–Kier alpha value is -1.58. The Kier molecular flexibility index (Phi) is 4.26. The van der Waals surface area contributed by atoms with Gasteiger partial charge in [-0.15, -0.1) is 0 Å². The van der Waals surface area contributed by atoms with Gasteiger partial charge in [0.15, 0.2) is 0 Å². The highest BCUT2D eigenvalue weighted by molar-refractivity contribution is 14.1. The van der Waals surface area contributed by atoms with Crippen molar-refractivity contribution in [2.45, 2.75) is 12.7 Å². The molecule has 0 N–H and O–H groups in total. The van der Waals surface area contributed by atoms with Crippen LogP contribution in [0.5, 0.6) is 0 Å². The molecule has 8 heteroatoms. The summed E-state index contributed by atoms with van der Waals surface area (Å²) < 4.78 is 40.4. The summed E-state index contributed by atoms with van der Waals surface area (Å²) in [4.78, 5) is 23.9. The zero-order valence-corrected chi connectivity index (χ0v) is 13.0. The molecule has 0 aliphatic heterocycles. The maximum atomic E-state index is 12.7. The molecule has 21 heavy (non-hydrogen) atoms. The van der Waals surface area contributed by atoms with E-state index in [1.807, 2.05) is 0 Å². The topological polar surface area (TPSA) is 44.0 Å². The van der Waals surface area contributed by atoms with Gasteiger partial charge in [0.05, 0.1) is 15.7 Å². The molecule has 0 saturated carbocycles. The number of rotatable bonds is 2. The van der Waals surface area contributed by atoms with Crippen LogP contribution in [0.4, 0.5) is 13.2 Å². The summed E-state index contributed by atoms with van der Waals surface area (Å²) in [5.74, 6) is 0. The molecule has 0 unspecified atom stereocenters. The third-order valence-electron chi connectivity index (χ3n) is 2.88. The Balaban J connectivity index is 2.49. The van der Waals surface area contributed by atoms with Gasteiger partial charge in [-0.3, -0.25) is 9.36 Å². The van der Waals surface area contributed by atoms with E-state index in [2.05, 4.69) is 0 Å². The Bertz CT molecular complexity index is 759. The molecule has 0 bridgehead atoms. The van der Waals surface area contributed by atoms with Gasteiger partial charge in [-0.2, -0.15) is 13.2 Å². The Labute approximate surface area is 131 Å². The van der Waals surface area contributed by atoms with Crippen LogP contribution in [0.3, 0.4) is 0 Å². The highest BCUT2D eigenvalue weighted by Gasteiger charge is 2.30. The van der Waals surface area contributed by atoms with Crippen molar-refractivity contribution in [3.05, 3.63) is 66.0 Å². The van der Waals surface area contributed by atoms with E-state index in [-0.39, 0.29) is 12.1 Å². The SMILES string of the molecule is Cn1cc(I)c(=O)n(Cc2cccc(C(F)(F)F)c2)c1=O. The van der Waals surface area contributed by atoms with Crippen LogP contribution >= 0.6 is 22.6 Å². The quantitative estimate of drug-likeness (QED) is 0.713. The van der Waals surface area contributed by atoms with E-state index in [1.54, 1.807) is 22.6 Å². The Morgan fingerprint density at radius 3 is 2.52 bits per heavy atom. The van der Waals surface area contributed by atoms with Crippen molar-refractivity contribution in [3.63, 3.8) is 0 Å². The molecular weight excluding hydrogens is 400 g/mol. The summed E-state index contributed by atoms with van der Waals surface area (Å²) in [5, 5.41) is 0. The first-order chi connectivity index (χ1) is 9.70. The van der Waals surface area contributed by atoms with Gasteiger partial charge < -0.3 is 4.57 Å². The van der Waals surface area contributed by atoms with Crippen molar-refractivity contribution < 1.29 is 13.2 Å². The minimum Gasteiger partial charge on any atom is -0.302 e. The van der Waals surface area contributed by atoms with Gasteiger partial charge in [0.25, 0.3) is 5.56 Å². The normalized spacial score (nSPS) is 11.7. The van der Waals surface area contributed by atoms with Crippen molar-refractivity contribution in [2.75, 3.05) is 0 Å². The van der Waals surface area contributed by atoms with E-state index >= 15 is 0 Å². The van der Waals surface area contributed by atoms with E-state index < -0.39 is 23.0 Å². The summed E-state index contributed by atoms with van der Waals surface area (Å²) >= 11 is 1.78. The van der Waals surface area contributed by atoms with Crippen molar-refractivity contribution in [1.29, 1.82) is 0 Å². The lowest BCUT2D eigenvalue weighted by atomic mass is 10.1. The molecule has 0 amide bonds. The third-order valence-corrected chi connectivity index (χ3v) is 3.62. The van der Waals surface area contributed by atoms with Crippen molar-refractivity contribution >= 4 is 22.6 Å². The molecule has 1 aromatic carbocycles. The standard InChI is InChI=1S/C13H10F3IN2O2/c1-18-7-10(17)11(20)19(12(18)21)6-8-3-2-4-9(5-8)13(14,15)16/h2-5,7H,6H2,1H3. The molecule has 4 nitrogen and oxygen atoms in total. The molecule has 112 valence electrons. The Morgan fingerprint density at radius 2 is 1.90 bits per heavy atom. The number of aromatic nitrogens is 2. The second-order valence-corrected chi connectivity index (χ2v) is 5.62. The summed E-state index contributed by atoms with van der Waals surface area (Å²) in [6.45, 7) is -0.202. The van der Waals surface area contributed by atoms with Crippen LogP contribution in [0, 0.1) is 3.57 Å². The van der Waals surface area contributed by atoms with Gasteiger partial charge in [-0.05, 0) is 40.3 Å². The zero-order valence-electron chi connectivity index (χ0n) is 10.8. The fourth-order valence-corrected chi connectivity index (χ4v) is 2.56. The van der Waals surface area contributed by atoms with Crippen LogP contribution < -0.4 is 11.2 Å². The minimum absolute atomic E-state index is 0.202. The first-order valence-electron chi connectivity index (χ1n) is 5.82. The maximum Gasteiger partial charge on any atom is 0.416 e. The van der Waals surface area contributed by atoms with Gasteiger partial charge in [-0.25, -0.2) is 4.79 Å². The Morgan fingerprint density at radius 1 is 1.24 bits per heavy atom. The number of nitrogens with zero attached hydrogens (tertiary/aromatic N) is 2. The van der Waals surface area contributed by atoms with Gasteiger partial charge in [0, 0.05) is 13.2 Å². The molecule has 0 aliphatic carbocycles. The van der Waals surface area contributed by atoms with Crippen LogP contribution in [0.1, 0.15) is 11.1 Å². The first-order valence-corrected chi connectivity index (χ1v) is 6.90. The molecule has 2 aromatic rings. The first kappa shape index (κ1) is 15.8. The lowest BCUT2D eigenvalue weighted by Crippen LogP contribution is -2.40. The molecule has 0 radical (unpaired) electrons. The van der Waals surface area contributed by atoms with Crippen LogP contribution in [-0.4, -0.2) is 9.13 Å². The molecule has 1 heterocycles. The predicted molar refractivity (Wildman–Crippen MR) is 79.2 cm³/mol. The fraction of sp³-hybridized carbons (Fsp3) is 0.231. The molecule has 2 rings (SSSR count). The third kappa shape index (κ3) is 3.36. The van der Waals surface area contributed by atoms with E-state index in [0.29, 0.717) is 3.57 Å². The second kappa shape index (κ2) is 5.66. The average Bonchev–Trinajstić information content (AvgIpc) is 2.41. The lowest BCUT2D eigenvalue weighted by Gasteiger charge is -2.11. The molecule has 0 saturated heterocycles. The summed E-state index contributed by atoms with van der Waals surface area (Å²) in [6, 6.07) is 4.58. The summed E-state index contributed by atoms with van der Waals surface area (Å²) in [7, 11) is 1.48. The molecule has 0 aliphatic rings. The summed E-state index contributed by atoms with van der Waals surface area (Å²) in [5.41, 5.74) is -1.66. The molecule has 0 spiro atoms. The molecule has 1 aromatic heterocycles. The van der Waals surface area contributed by atoms with Gasteiger partial charge >= 0.3 is 11.9 Å². The smallest absolute Gasteiger partial charge is 0.302 e. The predicted octanol–water partition coefficient (Wildman–Crippen LogP) is 2.22. The van der Waals surface area contributed by atoms with Crippen molar-refractivity contribution in [2.24, 2.45) is 7.05 Å². The average molecular weight is 410 g/mol. The monoisotopic (exact) mass is 410 g/mol. The zero-order chi connectivity index (χ0) is 15.8.